The van der Waals surface area contributed by atoms with E-state index in [0.717, 1.165) is 17.3 Å². The quantitative estimate of drug-likeness (QED) is 0.628. The number of carbonyl (C=O) groups is 1. The van der Waals surface area contributed by atoms with Crippen LogP contribution in [0, 0.1) is 17.5 Å². The Morgan fingerprint density at radius 3 is 2.21 bits per heavy atom. The van der Waals surface area contributed by atoms with E-state index in [4.69, 9.17) is 0 Å². The Hall–Kier alpha value is -2.81. The molecule has 3 heterocycles. The van der Waals surface area contributed by atoms with Gasteiger partial charge in [0.1, 0.15) is 11.3 Å². The predicted octanol–water partition coefficient (Wildman–Crippen LogP) is 2.51. The summed E-state index contributed by atoms with van der Waals surface area (Å²) in [5, 5.41) is 8.44. The zero-order valence-electron chi connectivity index (χ0n) is 15.6. The molecular formula is C20H18F3N3O3. The topological polar surface area (TPSA) is 65.8 Å². The summed E-state index contributed by atoms with van der Waals surface area (Å²) in [5.41, 5.74) is -0.639. The summed E-state index contributed by atoms with van der Waals surface area (Å²) in [4.78, 5) is 27.5. The van der Waals surface area contributed by atoms with Crippen molar-refractivity contribution >= 4 is 22.6 Å². The number of halogens is 3. The van der Waals surface area contributed by atoms with Gasteiger partial charge in [-0.3, -0.25) is 9.69 Å². The smallest absolute Gasteiger partial charge is 0.341 e. The van der Waals surface area contributed by atoms with E-state index < -0.39 is 45.5 Å². The van der Waals surface area contributed by atoms with Crippen LogP contribution in [0.4, 0.5) is 18.9 Å². The molecule has 0 radical (unpaired) electrons. The average molecular weight is 405 g/mol. The molecule has 29 heavy (non-hydrogen) atoms. The Bertz CT molecular complexity index is 1170. The standard InChI is InChI=1S/C20H18F3N3O3/c1-24-4-9-6-25(7-10(9)5-24)18-15(22)14(21)13-17(16(18)23)26(11-2-3-11)8-12(19(13)27)20(28)29/h8,11H,2-7H2,1H3,(H,28,29). The second-order valence-corrected chi connectivity index (χ2v) is 8.07. The summed E-state index contributed by atoms with van der Waals surface area (Å²) in [6, 6.07) is -0.237. The van der Waals surface area contributed by atoms with Gasteiger partial charge < -0.3 is 14.6 Å². The van der Waals surface area contributed by atoms with Gasteiger partial charge >= 0.3 is 5.97 Å². The molecule has 1 N–H and O–H groups in total. The van der Waals surface area contributed by atoms with Gasteiger partial charge in [-0.25, -0.2) is 18.0 Å². The number of aromatic nitrogens is 1. The number of hydrogen-bond acceptors (Lipinski definition) is 4. The van der Waals surface area contributed by atoms with Crippen molar-refractivity contribution in [1.82, 2.24) is 9.47 Å². The summed E-state index contributed by atoms with van der Waals surface area (Å²) in [6.07, 6.45) is 2.35. The first-order valence-corrected chi connectivity index (χ1v) is 9.39. The van der Waals surface area contributed by atoms with Crippen molar-refractivity contribution in [2.75, 3.05) is 38.1 Å². The third kappa shape index (κ3) is 2.60. The fraction of sp³-hybridized carbons (Fsp3) is 0.400. The van der Waals surface area contributed by atoms with Gasteiger partial charge in [-0.2, -0.15) is 0 Å². The number of carboxylic acids is 1. The molecule has 2 aromatic rings. The summed E-state index contributed by atoms with van der Waals surface area (Å²) >= 11 is 0. The van der Waals surface area contributed by atoms with E-state index in [0.29, 0.717) is 39.0 Å². The zero-order valence-corrected chi connectivity index (χ0v) is 15.6. The first-order chi connectivity index (χ1) is 13.8. The highest BCUT2D eigenvalue weighted by molar-refractivity contribution is 5.94. The Labute approximate surface area is 163 Å². The third-order valence-electron chi connectivity index (χ3n) is 5.94. The van der Waals surface area contributed by atoms with Gasteiger partial charge in [-0.05, 0) is 31.0 Å². The van der Waals surface area contributed by atoms with Gasteiger partial charge in [0, 0.05) is 38.4 Å². The van der Waals surface area contributed by atoms with Gasteiger partial charge in [0.15, 0.2) is 17.5 Å². The predicted molar refractivity (Wildman–Crippen MR) is 100 cm³/mol. The van der Waals surface area contributed by atoms with E-state index in [-0.39, 0.29) is 11.6 Å². The van der Waals surface area contributed by atoms with E-state index in [1.807, 2.05) is 7.05 Å². The molecule has 0 bridgehead atoms. The first-order valence-electron chi connectivity index (χ1n) is 9.39. The van der Waals surface area contributed by atoms with Crippen LogP contribution in [-0.4, -0.2) is 53.8 Å². The van der Waals surface area contributed by atoms with E-state index in [9.17, 15) is 19.1 Å². The second kappa shape index (κ2) is 6.09. The lowest BCUT2D eigenvalue weighted by Crippen LogP contribution is -2.30. The van der Waals surface area contributed by atoms with Gasteiger partial charge in [-0.15, -0.1) is 0 Å². The number of nitrogens with zero attached hydrogens (tertiary/aromatic N) is 3. The highest BCUT2D eigenvalue weighted by Gasteiger charge is 2.36. The maximum atomic E-state index is 15.6. The lowest BCUT2D eigenvalue weighted by atomic mass is 10.1. The van der Waals surface area contributed by atoms with E-state index in [1.165, 1.54) is 9.47 Å². The van der Waals surface area contributed by atoms with Gasteiger partial charge in [0.05, 0.1) is 10.9 Å². The molecule has 1 fully saturated rings. The number of benzene rings is 1. The van der Waals surface area contributed by atoms with Crippen molar-refractivity contribution in [2.24, 2.45) is 0 Å². The molecule has 9 heteroatoms. The van der Waals surface area contributed by atoms with Gasteiger partial charge in [0.25, 0.3) is 0 Å². The van der Waals surface area contributed by atoms with E-state index in [1.54, 1.807) is 0 Å². The third-order valence-corrected chi connectivity index (χ3v) is 5.94. The zero-order chi connectivity index (χ0) is 20.6. The molecule has 0 amide bonds. The monoisotopic (exact) mass is 405 g/mol. The van der Waals surface area contributed by atoms with Crippen molar-refractivity contribution in [3.63, 3.8) is 0 Å². The number of fused-ring (bicyclic) bond motifs is 1. The lowest BCUT2D eigenvalue weighted by Gasteiger charge is -2.25. The Kier molecular flexibility index (Phi) is 3.83. The molecule has 152 valence electrons. The number of pyridine rings is 1. The van der Waals surface area contributed by atoms with Crippen LogP contribution in [0.2, 0.25) is 0 Å². The maximum absolute atomic E-state index is 15.6. The molecule has 3 aliphatic rings. The second-order valence-electron chi connectivity index (χ2n) is 8.07. The largest absolute Gasteiger partial charge is 0.477 e. The number of carboxylic acid groups (broad SMARTS) is 1. The van der Waals surface area contributed by atoms with Crippen LogP contribution in [-0.2, 0) is 0 Å². The number of likely N-dealkylation sites (N-methyl/N-ethyl adjacent to an activating group) is 1. The molecular weight excluding hydrogens is 387 g/mol. The number of anilines is 1. The Morgan fingerprint density at radius 2 is 1.66 bits per heavy atom. The fourth-order valence-electron chi connectivity index (χ4n) is 4.48. The van der Waals surface area contributed by atoms with Gasteiger partial charge in [-0.1, -0.05) is 0 Å². The maximum Gasteiger partial charge on any atom is 0.341 e. The summed E-state index contributed by atoms with van der Waals surface area (Å²) in [7, 11) is 1.95. The average Bonchev–Trinajstić information content (AvgIpc) is 3.34. The van der Waals surface area contributed by atoms with Crippen LogP contribution in [0.3, 0.4) is 0 Å². The Balaban J connectivity index is 1.74. The molecule has 1 saturated carbocycles. The highest BCUT2D eigenvalue weighted by atomic mass is 19.2. The van der Waals surface area contributed by atoms with Crippen molar-refractivity contribution in [2.45, 2.75) is 18.9 Å². The van der Waals surface area contributed by atoms with Crippen molar-refractivity contribution in [3.05, 3.63) is 50.6 Å². The summed E-state index contributed by atoms with van der Waals surface area (Å²) in [5.74, 6) is -5.52. The SMILES string of the molecule is CN1CC2=C(C1)CN(c1c(F)c(F)c3c(=O)c(C(=O)O)cn(C4CC4)c3c1F)C2. The number of hydrogen-bond donors (Lipinski definition) is 1. The molecule has 6 nitrogen and oxygen atoms in total. The van der Waals surface area contributed by atoms with Crippen LogP contribution >= 0.6 is 0 Å². The van der Waals surface area contributed by atoms with Crippen molar-refractivity contribution in [3.8, 4) is 0 Å². The van der Waals surface area contributed by atoms with E-state index >= 15 is 8.78 Å². The molecule has 0 saturated heterocycles. The molecule has 0 unspecified atom stereocenters. The fourth-order valence-corrected chi connectivity index (χ4v) is 4.48. The first kappa shape index (κ1) is 18.2. The molecule has 0 spiro atoms. The lowest BCUT2D eigenvalue weighted by molar-refractivity contribution is 0.0694. The minimum Gasteiger partial charge on any atom is -0.477 e. The van der Waals surface area contributed by atoms with E-state index in [2.05, 4.69) is 4.90 Å². The van der Waals surface area contributed by atoms with Crippen molar-refractivity contribution in [1.29, 1.82) is 0 Å². The molecule has 5 rings (SSSR count). The minimum absolute atomic E-state index is 0.237. The van der Waals surface area contributed by atoms with Crippen LogP contribution in [0.25, 0.3) is 10.9 Å². The Morgan fingerprint density at radius 1 is 1.03 bits per heavy atom. The van der Waals surface area contributed by atoms with Crippen LogP contribution in [0.5, 0.6) is 0 Å². The summed E-state index contributed by atoms with van der Waals surface area (Å²) in [6.45, 7) is 1.97. The van der Waals surface area contributed by atoms with Crippen LogP contribution < -0.4 is 10.3 Å². The van der Waals surface area contributed by atoms with Crippen molar-refractivity contribution < 1.29 is 23.1 Å². The summed E-state index contributed by atoms with van der Waals surface area (Å²) < 4.78 is 46.9. The van der Waals surface area contributed by atoms with Crippen LogP contribution in [0.1, 0.15) is 29.2 Å². The van der Waals surface area contributed by atoms with Crippen LogP contribution in [0.15, 0.2) is 22.1 Å². The van der Waals surface area contributed by atoms with Gasteiger partial charge in [0.2, 0.25) is 5.43 Å². The molecule has 1 aromatic heterocycles. The normalized spacial score (nSPS) is 19.5. The molecule has 2 aliphatic heterocycles. The molecule has 1 aliphatic carbocycles. The molecule has 0 atom stereocenters. The number of aromatic carboxylic acids is 1. The minimum atomic E-state index is -1.56. The number of rotatable bonds is 3. The molecule has 1 aromatic carbocycles. The highest BCUT2D eigenvalue weighted by Crippen LogP contribution is 2.41.